The molecule has 1 saturated heterocycles. The number of carbonyl (C=O) groups excluding carboxylic acids is 2. The highest BCUT2D eigenvalue weighted by molar-refractivity contribution is 7.89. The summed E-state index contributed by atoms with van der Waals surface area (Å²) in [6.45, 7) is 0.460. The number of rotatable bonds is 5. The van der Waals surface area contributed by atoms with Crippen LogP contribution in [-0.2, 0) is 14.8 Å². The van der Waals surface area contributed by atoms with Gasteiger partial charge in [-0.2, -0.15) is 4.31 Å². The smallest absolute Gasteiger partial charge is 0.251 e. The van der Waals surface area contributed by atoms with Crippen molar-refractivity contribution < 1.29 is 22.4 Å². The molecule has 1 N–H and O–H groups in total. The van der Waals surface area contributed by atoms with Crippen molar-refractivity contribution in [2.45, 2.75) is 4.90 Å². The first-order valence-corrected chi connectivity index (χ1v) is 10.2. The molecule has 3 rings (SSSR count). The van der Waals surface area contributed by atoms with Gasteiger partial charge in [-0.1, -0.05) is 24.3 Å². The second kappa shape index (κ2) is 8.49. The molecule has 0 unspecified atom stereocenters. The van der Waals surface area contributed by atoms with Crippen molar-refractivity contribution in [3.8, 4) is 0 Å². The molecule has 2 aromatic rings. The van der Waals surface area contributed by atoms with Crippen molar-refractivity contribution in [2.75, 3.05) is 32.7 Å². The van der Waals surface area contributed by atoms with Crippen molar-refractivity contribution in [3.63, 3.8) is 0 Å². The van der Waals surface area contributed by atoms with Crippen LogP contribution in [0.5, 0.6) is 0 Å². The lowest BCUT2D eigenvalue weighted by atomic mass is 10.2. The molecule has 0 spiro atoms. The zero-order valence-electron chi connectivity index (χ0n) is 15.0. The summed E-state index contributed by atoms with van der Waals surface area (Å²) in [5, 5.41) is 2.57. The maximum absolute atomic E-state index is 13.3. The van der Waals surface area contributed by atoms with Crippen LogP contribution in [0.25, 0.3) is 0 Å². The highest BCUT2D eigenvalue weighted by Gasteiger charge is 2.30. The predicted octanol–water partition coefficient (Wildman–Crippen LogP) is 1.09. The number of nitrogens with one attached hydrogen (secondary N) is 1. The Morgan fingerprint density at radius 1 is 0.964 bits per heavy atom. The SMILES string of the molecule is O=C(NCC(=O)N1CCN(S(=O)(=O)c2cccc(F)c2)CC1)c1ccccc1. The molecule has 148 valence electrons. The summed E-state index contributed by atoms with van der Waals surface area (Å²) in [5.74, 6) is -1.25. The Bertz CT molecular complexity index is 958. The molecule has 1 aliphatic heterocycles. The summed E-state index contributed by atoms with van der Waals surface area (Å²) >= 11 is 0. The lowest BCUT2D eigenvalue weighted by Crippen LogP contribution is -2.52. The highest BCUT2D eigenvalue weighted by Crippen LogP contribution is 2.18. The molecule has 0 aliphatic carbocycles. The Morgan fingerprint density at radius 3 is 2.29 bits per heavy atom. The minimum absolute atomic E-state index is 0.108. The van der Waals surface area contributed by atoms with Gasteiger partial charge in [-0.15, -0.1) is 0 Å². The minimum Gasteiger partial charge on any atom is -0.343 e. The summed E-state index contributed by atoms with van der Waals surface area (Å²) in [5.41, 5.74) is 0.460. The number of hydrogen-bond acceptors (Lipinski definition) is 4. The average molecular weight is 405 g/mol. The van der Waals surface area contributed by atoms with Crippen LogP contribution in [0.2, 0.25) is 0 Å². The van der Waals surface area contributed by atoms with Gasteiger partial charge < -0.3 is 10.2 Å². The molecule has 0 saturated carbocycles. The third kappa shape index (κ3) is 4.55. The number of carbonyl (C=O) groups is 2. The lowest BCUT2D eigenvalue weighted by Gasteiger charge is -2.34. The quantitative estimate of drug-likeness (QED) is 0.807. The number of halogens is 1. The van der Waals surface area contributed by atoms with Crippen LogP contribution in [0.15, 0.2) is 59.5 Å². The summed E-state index contributed by atoms with van der Waals surface area (Å²) in [6, 6.07) is 13.4. The second-order valence-electron chi connectivity index (χ2n) is 6.29. The van der Waals surface area contributed by atoms with E-state index in [0.717, 1.165) is 6.07 Å². The maximum atomic E-state index is 13.3. The van der Waals surface area contributed by atoms with Gasteiger partial charge in [0, 0.05) is 31.7 Å². The van der Waals surface area contributed by atoms with Gasteiger partial charge in [0.2, 0.25) is 15.9 Å². The molecule has 2 amide bonds. The van der Waals surface area contributed by atoms with Crippen LogP contribution < -0.4 is 5.32 Å². The van der Waals surface area contributed by atoms with Crippen LogP contribution in [0.3, 0.4) is 0 Å². The average Bonchev–Trinajstić information content (AvgIpc) is 2.72. The highest BCUT2D eigenvalue weighted by atomic mass is 32.2. The van der Waals surface area contributed by atoms with E-state index in [0.29, 0.717) is 5.56 Å². The summed E-state index contributed by atoms with van der Waals surface area (Å²) in [6.07, 6.45) is 0. The molecule has 0 radical (unpaired) electrons. The molecule has 0 atom stereocenters. The minimum atomic E-state index is -3.81. The van der Waals surface area contributed by atoms with E-state index in [4.69, 9.17) is 0 Å². The standard InChI is InChI=1S/C19H20FN3O4S/c20-16-7-4-8-17(13-16)28(26,27)23-11-9-22(10-12-23)18(24)14-21-19(25)15-5-2-1-3-6-15/h1-8,13H,9-12,14H2,(H,21,25). The monoisotopic (exact) mass is 405 g/mol. The predicted molar refractivity (Wildman–Crippen MR) is 101 cm³/mol. The van der Waals surface area contributed by atoms with E-state index in [2.05, 4.69) is 5.32 Å². The Balaban J connectivity index is 1.53. The second-order valence-corrected chi connectivity index (χ2v) is 8.23. The number of piperazine rings is 1. The fraction of sp³-hybridized carbons (Fsp3) is 0.263. The van der Waals surface area contributed by atoms with Crippen LogP contribution >= 0.6 is 0 Å². The fourth-order valence-electron chi connectivity index (χ4n) is 2.91. The van der Waals surface area contributed by atoms with Gasteiger partial charge in [0.05, 0.1) is 11.4 Å². The van der Waals surface area contributed by atoms with E-state index >= 15 is 0 Å². The molecule has 9 heteroatoms. The zero-order valence-corrected chi connectivity index (χ0v) is 15.9. The molecule has 1 heterocycles. The molecule has 0 bridgehead atoms. The van der Waals surface area contributed by atoms with Gasteiger partial charge in [-0.05, 0) is 30.3 Å². The van der Waals surface area contributed by atoms with Gasteiger partial charge >= 0.3 is 0 Å². The summed E-state index contributed by atoms with van der Waals surface area (Å²) in [7, 11) is -3.81. The number of nitrogens with zero attached hydrogens (tertiary/aromatic N) is 2. The van der Waals surface area contributed by atoms with E-state index in [-0.39, 0.29) is 49.4 Å². The lowest BCUT2D eigenvalue weighted by molar-refractivity contribution is -0.131. The van der Waals surface area contributed by atoms with E-state index in [9.17, 15) is 22.4 Å². The molecule has 0 aromatic heterocycles. The largest absolute Gasteiger partial charge is 0.343 e. The number of amides is 2. The van der Waals surface area contributed by atoms with Gasteiger partial charge in [0.25, 0.3) is 5.91 Å². The van der Waals surface area contributed by atoms with Gasteiger partial charge in [-0.25, -0.2) is 12.8 Å². The first kappa shape index (κ1) is 20.0. The van der Waals surface area contributed by atoms with E-state index in [1.165, 1.54) is 27.4 Å². The molecule has 2 aromatic carbocycles. The van der Waals surface area contributed by atoms with Crippen molar-refractivity contribution in [1.82, 2.24) is 14.5 Å². The Labute approximate surface area is 162 Å². The van der Waals surface area contributed by atoms with Gasteiger partial charge in [0.1, 0.15) is 5.82 Å². The summed E-state index contributed by atoms with van der Waals surface area (Å²) in [4.78, 5) is 25.7. The zero-order chi connectivity index (χ0) is 20.1. The van der Waals surface area contributed by atoms with E-state index in [1.807, 2.05) is 0 Å². The normalized spacial score (nSPS) is 15.2. The van der Waals surface area contributed by atoms with E-state index in [1.54, 1.807) is 30.3 Å². The number of benzene rings is 2. The van der Waals surface area contributed by atoms with E-state index < -0.39 is 15.8 Å². The van der Waals surface area contributed by atoms with Crippen LogP contribution in [0, 0.1) is 5.82 Å². The topological polar surface area (TPSA) is 86.8 Å². The molecule has 28 heavy (non-hydrogen) atoms. The summed E-state index contributed by atoms with van der Waals surface area (Å²) < 4.78 is 39.7. The van der Waals surface area contributed by atoms with Gasteiger partial charge in [0.15, 0.2) is 0 Å². The molecule has 1 fully saturated rings. The Morgan fingerprint density at radius 2 is 1.64 bits per heavy atom. The van der Waals surface area contributed by atoms with Crippen LogP contribution in [-0.4, -0.2) is 62.2 Å². The van der Waals surface area contributed by atoms with Gasteiger partial charge in [-0.3, -0.25) is 9.59 Å². The molecule has 7 nitrogen and oxygen atoms in total. The molecular weight excluding hydrogens is 385 g/mol. The first-order chi connectivity index (χ1) is 13.4. The third-order valence-corrected chi connectivity index (χ3v) is 6.36. The number of hydrogen-bond donors (Lipinski definition) is 1. The fourth-order valence-corrected chi connectivity index (χ4v) is 4.37. The first-order valence-electron chi connectivity index (χ1n) is 8.74. The van der Waals surface area contributed by atoms with Crippen molar-refractivity contribution in [1.29, 1.82) is 0 Å². The van der Waals surface area contributed by atoms with Crippen LogP contribution in [0.1, 0.15) is 10.4 Å². The van der Waals surface area contributed by atoms with Crippen molar-refractivity contribution in [2.24, 2.45) is 0 Å². The molecule has 1 aliphatic rings. The van der Waals surface area contributed by atoms with Crippen LogP contribution in [0.4, 0.5) is 4.39 Å². The Hall–Kier alpha value is -2.78. The molecular formula is C19H20FN3O4S. The van der Waals surface area contributed by atoms with Crippen molar-refractivity contribution >= 4 is 21.8 Å². The maximum Gasteiger partial charge on any atom is 0.251 e. The Kier molecular flexibility index (Phi) is 6.05. The van der Waals surface area contributed by atoms with Crippen molar-refractivity contribution in [3.05, 3.63) is 66.0 Å². The number of sulfonamides is 1. The third-order valence-electron chi connectivity index (χ3n) is 4.46.